The number of nitrogens with one attached hydrogen (secondary N) is 1. The van der Waals surface area contributed by atoms with Crippen LogP contribution in [-0.2, 0) is 6.54 Å². The molecule has 1 aromatic heterocycles. The molecule has 0 aliphatic carbocycles. The minimum absolute atomic E-state index is 0.00610. The fourth-order valence-electron chi connectivity index (χ4n) is 2.81. The number of nitrogens with zero attached hydrogens (tertiary/aromatic N) is 2. The van der Waals surface area contributed by atoms with E-state index < -0.39 is 0 Å². The molecule has 3 aromatic rings. The maximum atomic E-state index is 12.4. The van der Waals surface area contributed by atoms with Gasteiger partial charge in [0.05, 0.1) is 5.56 Å². The second-order valence-corrected chi connectivity index (χ2v) is 6.56. The largest absolute Gasteiger partial charge is 0.507 e. The van der Waals surface area contributed by atoms with Crippen molar-refractivity contribution < 1.29 is 9.90 Å². The van der Waals surface area contributed by atoms with Gasteiger partial charge in [0.25, 0.3) is 5.91 Å². The summed E-state index contributed by atoms with van der Waals surface area (Å²) in [6, 6.07) is 12.9. The molecule has 2 N–H and O–H groups in total. The Morgan fingerprint density at radius 3 is 2.68 bits per heavy atom. The van der Waals surface area contributed by atoms with E-state index in [4.69, 9.17) is 0 Å². The molecule has 0 spiro atoms. The van der Waals surface area contributed by atoms with E-state index in [-0.39, 0.29) is 17.2 Å². The Balaban J connectivity index is 1.79. The Morgan fingerprint density at radius 2 is 1.96 bits per heavy atom. The van der Waals surface area contributed by atoms with Crippen LogP contribution >= 0.6 is 0 Å². The van der Waals surface area contributed by atoms with E-state index in [1.165, 1.54) is 0 Å². The number of phenols is 1. The summed E-state index contributed by atoms with van der Waals surface area (Å²) in [5, 5.41) is 13.9. The standard InChI is InChI=1S/C20H23N3O2/c1-14-4-6-17(19(24)12-14)20(25)21-16-5-7-18-15(13-16)8-9-23(18)11-10-22(2)3/h4-9,12-13,24H,10-11H2,1-3H3,(H,21,25). The average molecular weight is 337 g/mol. The lowest BCUT2D eigenvalue weighted by atomic mass is 10.1. The third-order valence-electron chi connectivity index (χ3n) is 4.21. The molecule has 0 saturated carbocycles. The fourth-order valence-corrected chi connectivity index (χ4v) is 2.81. The van der Waals surface area contributed by atoms with Crippen LogP contribution in [0.5, 0.6) is 5.75 Å². The van der Waals surface area contributed by atoms with Crippen molar-refractivity contribution in [3.8, 4) is 5.75 Å². The van der Waals surface area contributed by atoms with Crippen LogP contribution in [0, 0.1) is 6.92 Å². The molecule has 25 heavy (non-hydrogen) atoms. The van der Waals surface area contributed by atoms with Crippen LogP contribution in [0.15, 0.2) is 48.7 Å². The van der Waals surface area contributed by atoms with Crippen molar-refractivity contribution in [2.45, 2.75) is 13.5 Å². The molecule has 130 valence electrons. The maximum absolute atomic E-state index is 12.4. The molecule has 1 heterocycles. The molecule has 2 aromatic carbocycles. The fraction of sp³-hybridized carbons (Fsp3) is 0.250. The zero-order valence-electron chi connectivity index (χ0n) is 14.8. The van der Waals surface area contributed by atoms with Crippen molar-refractivity contribution in [3.63, 3.8) is 0 Å². The summed E-state index contributed by atoms with van der Waals surface area (Å²) in [6.45, 7) is 3.75. The van der Waals surface area contributed by atoms with E-state index in [0.717, 1.165) is 29.6 Å². The highest BCUT2D eigenvalue weighted by atomic mass is 16.3. The predicted octanol–water partition coefficient (Wildman–Crippen LogP) is 3.47. The number of benzene rings is 2. The topological polar surface area (TPSA) is 57.5 Å². The van der Waals surface area contributed by atoms with Crippen LogP contribution in [0.3, 0.4) is 0 Å². The molecule has 0 atom stereocenters. The third kappa shape index (κ3) is 3.83. The molecule has 5 heteroatoms. The Labute approximate surface area is 147 Å². The van der Waals surface area contributed by atoms with Gasteiger partial charge in [-0.15, -0.1) is 0 Å². The van der Waals surface area contributed by atoms with E-state index in [0.29, 0.717) is 5.69 Å². The van der Waals surface area contributed by atoms with Crippen molar-refractivity contribution in [3.05, 3.63) is 59.8 Å². The number of carbonyl (C=O) groups is 1. The van der Waals surface area contributed by atoms with Crippen LogP contribution in [0.1, 0.15) is 15.9 Å². The van der Waals surface area contributed by atoms with Crippen molar-refractivity contribution in [2.24, 2.45) is 0 Å². The highest BCUT2D eigenvalue weighted by molar-refractivity contribution is 6.06. The summed E-state index contributed by atoms with van der Waals surface area (Å²) in [5.74, 6) is -0.322. The van der Waals surface area contributed by atoms with E-state index in [1.54, 1.807) is 12.1 Å². The molecular formula is C20H23N3O2. The number of fused-ring (bicyclic) bond motifs is 1. The van der Waals surface area contributed by atoms with Crippen LogP contribution in [0.4, 0.5) is 5.69 Å². The predicted molar refractivity (Wildman–Crippen MR) is 101 cm³/mol. The van der Waals surface area contributed by atoms with Gasteiger partial charge in [0.15, 0.2) is 0 Å². The van der Waals surface area contributed by atoms with Crippen molar-refractivity contribution >= 4 is 22.5 Å². The zero-order valence-corrected chi connectivity index (χ0v) is 14.8. The van der Waals surface area contributed by atoms with Crippen LogP contribution in [0.25, 0.3) is 10.9 Å². The van der Waals surface area contributed by atoms with Gasteiger partial charge in [0.1, 0.15) is 5.75 Å². The van der Waals surface area contributed by atoms with Gasteiger partial charge in [-0.2, -0.15) is 0 Å². The van der Waals surface area contributed by atoms with Crippen molar-refractivity contribution in [1.29, 1.82) is 0 Å². The van der Waals surface area contributed by atoms with E-state index in [2.05, 4.69) is 35.1 Å². The highest BCUT2D eigenvalue weighted by Crippen LogP contribution is 2.23. The van der Waals surface area contributed by atoms with Gasteiger partial charge in [0.2, 0.25) is 0 Å². The van der Waals surface area contributed by atoms with Gasteiger partial charge in [-0.05, 0) is 63.0 Å². The van der Waals surface area contributed by atoms with Crippen LogP contribution in [0.2, 0.25) is 0 Å². The molecule has 0 aliphatic heterocycles. The molecule has 5 nitrogen and oxygen atoms in total. The number of phenolic OH excluding ortho intramolecular Hbond substituents is 1. The first kappa shape index (κ1) is 17.0. The number of aryl methyl sites for hydroxylation is 1. The average Bonchev–Trinajstić information content (AvgIpc) is 2.95. The number of hydrogen-bond donors (Lipinski definition) is 2. The van der Waals surface area contributed by atoms with Crippen LogP contribution < -0.4 is 5.32 Å². The lowest BCUT2D eigenvalue weighted by Crippen LogP contribution is -2.17. The van der Waals surface area contributed by atoms with Gasteiger partial charge < -0.3 is 19.9 Å². The maximum Gasteiger partial charge on any atom is 0.259 e. The second-order valence-electron chi connectivity index (χ2n) is 6.56. The van der Waals surface area contributed by atoms with Gasteiger partial charge >= 0.3 is 0 Å². The van der Waals surface area contributed by atoms with Gasteiger partial charge in [-0.1, -0.05) is 6.07 Å². The lowest BCUT2D eigenvalue weighted by Gasteiger charge is -2.11. The van der Waals surface area contributed by atoms with E-state index in [1.807, 2.05) is 37.3 Å². The summed E-state index contributed by atoms with van der Waals surface area (Å²) in [6.07, 6.45) is 2.06. The van der Waals surface area contributed by atoms with E-state index >= 15 is 0 Å². The summed E-state index contributed by atoms with van der Waals surface area (Å²) in [4.78, 5) is 14.5. The molecule has 0 bridgehead atoms. The third-order valence-corrected chi connectivity index (χ3v) is 4.21. The minimum Gasteiger partial charge on any atom is -0.507 e. The minimum atomic E-state index is -0.316. The molecule has 0 saturated heterocycles. The number of likely N-dealkylation sites (N-methyl/N-ethyl adjacent to an activating group) is 1. The Hall–Kier alpha value is -2.79. The highest BCUT2D eigenvalue weighted by Gasteiger charge is 2.12. The first-order valence-corrected chi connectivity index (χ1v) is 8.28. The Morgan fingerprint density at radius 1 is 1.16 bits per heavy atom. The van der Waals surface area contributed by atoms with Gasteiger partial charge in [-0.3, -0.25) is 4.79 Å². The Bertz CT molecular complexity index is 912. The smallest absolute Gasteiger partial charge is 0.259 e. The lowest BCUT2D eigenvalue weighted by molar-refractivity contribution is 0.102. The molecule has 0 fully saturated rings. The van der Waals surface area contributed by atoms with Crippen molar-refractivity contribution in [1.82, 2.24) is 9.47 Å². The number of rotatable bonds is 5. The Kier molecular flexibility index (Phi) is 4.76. The number of hydrogen-bond acceptors (Lipinski definition) is 3. The molecular weight excluding hydrogens is 314 g/mol. The number of carbonyl (C=O) groups excluding carboxylic acids is 1. The number of aromatic nitrogens is 1. The molecule has 0 unspecified atom stereocenters. The molecule has 1 amide bonds. The summed E-state index contributed by atoms with van der Waals surface area (Å²) in [7, 11) is 4.11. The van der Waals surface area contributed by atoms with Crippen LogP contribution in [-0.4, -0.2) is 41.1 Å². The zero-order chi connectivity index (χ0) is 18.0. The summed E-state index contributed by atoms with van der Waals surface area (Å²) < 4.78 is 2.20. The number of aromatic hydroxyl groups is 1. The van der Waals surface area contributed by atoms with Gasteiger partial charge in [0, 0.05) is 35.9 Å². The number of anilines is 1. The first-order valence-electron chi connectivity index (χ1n) is 8.28. The van der Waals surface area contributed by atoms with E-state index in [9.17, 15) is 9.90 Å². The number of amides is 1. The normalized spacial score (nSPS) is 11.2. The van der Waals surface area contributed by atoms with Crippen molar-refractivity contribution in [2.75, 3.05) is 26.0 Å². The summed E-state index contributed by atoms with van der Waals surface area (Å²) in [5.41, 5.74) is 3.03. The second kappa shape index (κ2) is 6.99. The molecule has 0 aliphatic rings. The summed E-state index contributed by atoms with van der Waals surface area (Å²) >= 11 is 0. The molecule has 3 rings (SSSR count). The quantitative estimate of drug-likeness (QED) is 0.749. The monoisotopic (exact) mass is 337 g/mol. The first-order chi connectivity index (χ1) is 11.9. The molecule has 0 radical (unpaired) electrons. The van der Waals surface area contributed by atoms with Gasteiger partial charge in [-0.25, -0.2) is 0 Å². The SMILES string of the molecule is Cc1ccc(C(=O)Nc2ccc3c(ccn3CCN(C)C)c2)c(O)c1.